The Balaban J connectivity index is 0.00000324. The van der Waals surface area contributed by atoms with Crippen LogP contribution < -0.4 is 4.74 Å². The number of fused-ring (bicyclic) bond motifs is 1. The molecule has 0 saturated carbocycles. The Hall–Kier alpha value is -2.77. The van der Waals surface area contributed by atoms with Gasteiger partial charge in [0.1, 0.15) is 24.0 Å². The lowest BCUT2D eigenvalue weighted by molar-refractivity contribution is -0.138. The zero-order valence-electron chi connectivity index (χ0n) is 18.6. The van der Waals surface area contributed by atoms with Gasteiger partial charge in [0.25, 0.3) is 0 Å². The number of nitrogens with one attached hydrogen (secondary N) is 1. The number of nitrogens with zero attached hydrogens (tertiary/aromatic N) is 1. The monoisotopic (exact) mass is 512 g/mol. The first-order valence-electron chi connectivity index (χ1n) is 10.2. The topological polar surface area (TPSA) is 37.9 Å². The first-order valence-corrected chi connectivity index (χ1v) is 10.6. The molecular weight excluding hydrogens is 491 g/mol. The van der Waals surface area contributed by atoms with Crippen molar-refractivity contribution < 1.29 is 22.3 Å². The summed E-state index contributed by atoms with van der Waals surface area (Å²) in [5.41, 5.74) is 2.16. The fourth-order valence-corrected chi connectivity index (χ4v) is 3.66. The van der Waals surface area contributed by atoms with E-state index in [2.05, 4.69) is 30.7 Å². The van der Waals surface area contributed by atoms with Crippen molar-refractivity contribution >= 4 is 35.0 Å². The lowest BCUT2D eigenvalue weighted by atomic mass is 9.87. The zero-order valence-corrected chi connectivity index (χ0v) is 20.1. The van der Waals surface area contributed by atoms with Crippen molar-refractivity contribution in [1.29, 1.82) is 0 Å². The Morgan fingerprint density at radius 3 is 2.38 bits per heavy atom. The van der Waals surface area contributed by atoms with Crippen molar-refractivity contribution in [3.8, 4) is 17.1 Å². The highest BCUT2D eigenvalue weighted by molar-refractivity contribution is 6.32. The molecule has 0 unspecified atom stereocenters. The van der Waals surface area contributed by atoms with Crippen molar-refractivity contribution in [2.45, 2.75) is 39.0 Å². The summed E-state index contributed by atoms with van der Waals surface area (Å²) < 4.78 is 58.9. The van der Waals surface area contributed by atoms with Crippen LogP contribution in [-0.4, -0.2) is 9.97 Å². The van der Waals surface area contributed by atoms with Gasteiger partial charge in [0.15, 0.2) is 0 Å². The van der Waals surface area contributed by atoms with Gasteiger partial charge < -0.3 is 9.72 Å². The van der Waals surface area contributed by atoms with E-state index in [-0.39, 0.29) is 34.2 Å². The third kappa shape index (κ3) is 5.47. The first kappa shape index (κ1) is 25.8. The van der Waals surface area contributed by atoms with E-state index in [4.69, 9.17) is 16.3 Å². The van der Waals surface area contributed by atoms with Crippen molar-refractivity contribution in [3.05, 3.63) is 82.1 Å². The molecule has 1 heterocycles. The summed E-state index contributed by atoms with van der Waals surface area (Å²) in [6.45, 7) is 5.87. The van der Waals surface area contributed by atoms with Crippen LogP contribution in [0.1, 0.15) is 37.5 Å². The molecule has 9 heteroatoms. The van der Waals surface area contributed by atoms with Crippen LogP contribution in [0.4, 0.5) is 17.6 Å². The van der Waals surface area contributed by atoms with E-state index in [0.29, 0.717) is 17.5 Å². The fraction of sp³-hybridized carbons (Fsp3) is 0.240. The maximum Gasteiger partial charge on any atom is 0.416 e. The number of H-pyrrole nitrogens is 1. The third-order valence-corrected chi connectivity index (χ3v) is 5.62. The van der Waals surface area contributed by atoms with Crippen molar-refractivity contribution in [1.82, 2.24) is 9.97 Å². The average molecular weight is 513 g/mol. The SMILES string of the molecule is CC(C)(C)c1ccc2nc(-c3ccc(Cl)c(OCc4cc(F)ccc4C(F)(F)F)c3)[nH]c2c1.Cl. The van der Waals surface area contributed by atoms with Gasteiger partial charge in [-0.1, -0.05) is 38.4 Å². The smallest absolute Gasteiger partial charge is 0.416 e. The molecule has 0 atom stereocenters. The molecule has 3 aromatic carbocycles. The van der Waals surface area contributed by atoms with E-state index in [1.807, 2.05) is 18.2 Å². The largest absolute Gasteiger partial charge is 0.487 e. The number of hydrogen-bond donors (Lipinski definition) is 1. The number of hydrogen-bond acceptors (Lipinski definition) is 2. The molecule has 0 bridgehead atoms. The third-order valence-electron chi connectivity index (χ3n) is 5.31. The van der Waals surface area contributed by atoms with Crippen LogP contribution in [-0.2, 0) is 18.2 Å². The quantitative estimate of drug-likeness (QED) is 0.279. The van der Waals surface area contributed by atoms with Crippen LogP contribution in [0.15, 0.2) is 54.6 Å². The molecule has 3 nitrogen and oxygen atoms in total. The predicted octanol–water partition coefficient (Wildman–Crippen LogP) is 8.34. The van der Waals surface area contributed by atoms with Gasteiger partial charge in [-0.15, -0.1) is 12.4 Å². The maximum absolute atomic E-state index is 13.6. The van der Waals surface area contributed by atoms with E-state index in [9.17, 15) is 17.6 Å². The molecule has 1 aromatic heterocycles. The number of imidazole rings is 1. The number of ether oxygens (including phenoxy) is 1. The van der Waals surface area contributed by atoms with Gasteiger partial charge in [0.05, 0.1) is 21.6 Å². The van der Waals surface area contributed by atoms with Gasteiger partial charge in [-0.25, -0.2) is 9.37 Å². The highest BCUT2D eigenvalue weighted by Crippen LogP contribution is 2.35. The number of aromatic amines is 1. The van der Waals surface area contributed by atoms with Gasteiger partial charge >= 0.3 is 6.18 Å². The lowest BCUT2D eigenvalue weighted by Crippen LogP contribution is -2.11. The van der Waals surface area contributed by atoms with E-state index >= 15 is 0 Å². The van der Waals surface area contributed by atoms with Crippen molar-refractivity contribution in [2.24, 2.45) is 0 Å². The zero-order chi connectivity index (χ0) is 24.0. The van der Waals surface area contributed by atoms with Crippen molar-refractivity contribution in [3.63, 3.8) is 0 Å². The fourth-order valence-electron chi connectivity index (χ4n) is 3.49. The Labute approximate surface area is 205 Å². The van der Waals surface area contributed by atoms with Crippen LogP contribution in [0.3, 0.4) is 0 Å². The minimum atomic E-state index is -4.63. The van der Waals surface area contributed by atoms with Crippen LogP contribution >= 0.6 is 24.0 Å². The first-order chi connectivity index (χ1) is 15.4. The second kappa shape index (κ2) is 9.47. The Morgan fingerprint density at radius 2 is 1.71 bits per heavy atom. The second-order valence-corrected chi connectivity index (χ2v) is 9.21. The van der Waals surface area contributed by atoms with Gasteiger partial charge in [-0.05, 0) is 59.5 Å². The van der Waals surface area contributed by atoms with Crippen molar-refractivity contribution in [2.75, 3.05) is 0 Å². The normalized spacial score (nSPS) is 12.0. The predicted molar refractivity (Wildman–Crippen MR) is 128 cm³/mol. The lowest BCUT2D eigenvalue weighted by Gasteiger charge is -2.18. The summed E-state index contributed by atoms with van der Waals surface area (Å²) in [6.07, 6.45) is -4.63. The molecule has 180 valence electrons. The van der Waals surface area contributed by atoms with Gasteiger partial charge in [0.2, 0.25) is 0 Å². The van der Waals surface area contributed by atoms with Gasteiger partial charge in [-0.3, -0.25) is 0 Å². The Morgan fingerprint density at radius 1 is 0.971 bits per heavy atom. The van der Waals surface area contributed by atoms with E-state index in [1.54, 1.807) is 18.2 Å². The number of aromatic nitrogens is 2. The minimum Gasteiger partial charge on any atom is -0.487 e. The molecule has 4 rings (SSSR count). The van der Waals surface area contributed by atoms with Crippen LogP contribution in [0.25, 0.3) is 22.4 Å². The number of halogens is 6. The van der Waals surface area contributed by atoms with Crippen LogP contribution in [0.5, 0.6) is 5.75 Å². The Kier molecular flexibility index (Phi) is 7.20. The molecule has 0 aliphatic rings. The average Bonchev–Trinajstić information content (AvgIpc) is 3.15. The summed E-state index contributed by atoms with van der Waals surface area (Å²) in [5, 5.41) is 0.217. The summed E-state index contributed by atoms with van der Waals surface area (Å²) in [5.74, 6) is -0.0416. The van der Waals surface area contributed by atoms with Crippen LogP contribution in [0, 0.1) is 5.82 Å². The molecular formula is C25H22Cl2F4N2O. The molecule has 0 radical (unpaired) electrons. The van der Waals surface area contributed by atoms with E-state index in [0.717, 1.165) is 28.7 Å². The molecule has 34 heavy (non-hydrogen) atoms. The number of benzene rings is 3. The summed E-state index contributed by atoms with van der Waals surface area (Å²) in [7, 11) is 0. The molecule has 0 saturated heterocycles. The highest BCUT2D eigenvalue weighted by atomic mass is 35.5. The summed E-state index contributed by atoms with van der Waals surface area (Å²) in [4.78, 5) is 7.87. The second-order valence-electron chi connectivity index (χ2n) is 8.80. The standard InChI is InChI=1S/C25H21ClF4N2O.ClH/c1-24(2,3)16-5-9-20-21(12-16)32-23(31-20)14-4-8-19(26)22(11-14)33-13-15-10-17(27)6-7-18(15)25(28,29)30;/h4-12H,13H2,1-3H3,(H,31,32);1H. The van der Waals surface area contributed by atoms with Crippen LogP contribution in [0.2, 0.25) is 5.02 Å². The van der Waals surface area contributed by atoms with E-state index < -0.39 is 24.2 Å². The molecule has 4 aromatic rings. The van der Waals surface area contributed by atoms with Gasteiger partial charge in [-0.2, -0.15) is 13.2 Å². The minimum absolute atomic E-state index is 0. The number of alkyl halides is 3. The molecule has 0 amide bonds. The highest BCUT2D eigenvalue weighted by Gasteiger charge is 2.33. The summed E-state index contributed by atoms with van der Waals surface area (Å²) in [6, 6.07) is 13.2. The molecule has 0 fully saturated rings. The summed E-state index contributed by atoms with van der Waals surface area (Å²) >= 11 is 6.21. The van der Waals surface area contributed by atoms with Gasteiger partial charge in [0, 0.05) is 11.1 Å². The number of rotatable bonds is 4. The maximum atomic E-state index is 13.6. The molecule has 0 spiro atoms. The van der Waals surface area contributed by atoms with E-state index in [1.165, 1.54) is 0 Å². The Bertz CT molecular complexity index is 1330. The molecule has 0 aliphatic heterocycles. The molecule has 0 aliphatic carbocycles. The molecule has 1 N–H and O–H groups in total.